The second-order valence-electron chi connectivity index (χ2n) is 0. The fraction of sp³-hybridized carbons (Fsp3) is 0. The molecule has 0 aliphatic carbocycles. The van der Waals surface area contributed by atoms with Gasteiger partial charge < -0.3 is 0 Å². The Hall–Kier alpha value is 3.04. The van der Waals surface area contributed by atoms with Crippen LogP contribution in [0.25, 0.3) is 0 Å². The van der Waals surface area contributed by atoms with E-state index in [9.17, 15) is 0 Å². The van der Waals surface area contributed by atoms with Crippen LogP contribution >= 0.6 is 0 Å². The van der Waals surface area contributed by atoms with Crippen LogP contribution in [0.15, 0.2) is 0 Å². The summed E-state index contributed by atoms with van der Waals surface area (Å²) in [5.74, 6) is 0. The van der Waals surface area contributed by atoms with E-state index in [0.717, 1.165) is 0 Å². The van der Waals surface area contributed by atoms with Gasteiger partial charge in [0.05, 0.1) is 0 Å². The Morgan fingerprint density at radius 2 is 1.00 bits per heavy atom. The van der Waals surface area contributed by atoms with Crippen LogP contribution in [0.4, 0.5) is 0 Å². The van der Waals surface area contributed by atoms with Crippen molar-refractivity contribution in [3.8, 4) is 0 Å². The molecule has 0 nitrogen and oxygen atoms in total. The van der Waals surface area contributed by atoms with Crippen LogP contribution in [0, 0.1) is 0 Å². The van der Waals surface area contributed by atoms with Crippen molar-refractivity contribution in [1.29, 1.82) is 0 Å². The summed E-state index contributed by atoms with van der Waals surface area (Å²) in [4.78, 5) is 0. The summed E-state index contributed by atoms with van der Waals surface area (Å²) >= 11 is 0. The number of hydrogen-bond donors (Lipinski definition) is 0. The molecule has 0 unspecified atom stereocenters. The minimum Gasteiger partial charge on any atom is 0 e. The first-order valence-electron chi connectivity index (χ1n) is 0. The zero-order valence-corrected chi connectivity index (χ0v) is 10.9. The molecule has 0 N–H and O–H groups in total. The van der Waals surface area contributed by atoms with E-state index >= 15 is 0 Å². The molecule has 4 heteroatoms. The first-order valence-corrected chi connectivity index (χ1v) is 0. The van der Waals surface area contributed by atoms with Crippen LogP contribution in [-0.4, -0.2) is 17.4 Å². The average molecular weight is 346 g/mol. The summed E-state index contributed by atoms with van der Waals surface area (Å²) in [5.41, 5.74) is 0. The molecule has 0 aliphatic rings. The molecular formula is AlCrHfY. The van der Waals surface area contributed by atoms with Gasteiger partial charge in [0.15, 0.2) is 0 Å². The number of hydrogen-bond acceptors (Lipinski definition) is 0. The molecule has 16 valence electrons. The maximum absolute atomic E-state index is 0. The third-order valence-electron chi connectivity index (χ3n) is 0. The molecular weight excluding hydrogens is 346 g/mol. The molecule has 4 heavy (non-hydrogen) atoms. The monoisotopic (exact) mass is 348 g/mol. The summed E-state index contributed by atoms with van der Waals surface area (Å²) < 4.78 is 0. The Balaban J connectivity index is 0. The molecule has 0 saturated carbocycles. The first-order chi connectivity index (χ1) is 0. The van der Waals surface area contributed by atoms with Crippen LogP contribution in [0.2, 0.25) is 0 Å². The van der Waals surface area contributed by atoms with E-state index in [0.29, 0.717) is 0 Å². The van der Waals surface area contributed by atoms with Gasteiger partial charge in [0.1, 0.15) is 0 Å². The van der Waals surface area contributed by atoms with Gasteiger partial charge in [-0.25, -0.2) is 0 Å². The van der Waals surface area contributed by atoms with Gasteiger partial charge in [0.2, 0.25) is 0 Å². The van der Waals surface area contributed by atoms with Crippen molar-refractivity contribution in [1.82, 2.24) is 0 Å². The normalized spacial score (nSPS) is 0. The van der Waals surface area contributed by atoms with Gasteiger partial charge in [-0.05, 0) is 0 Å². The van der Waals surface area contributed by atoms with Crippen LogP contribution < -0.4 is 0 Å². The molecule has 4 radical (unpaired) electrons. The van der Waals surface area contributed by atoms with Gasteiger partial charge in [0.25, 0.3) is 0 Å². The Bertz CT molecular complexity index is 8.00. The van der Waals surface area contributed by atoms with Crippen molar-refractivity contribution in [2.75, 3.05) is 0 Å². The molecule has 0 aromatic carbocycles. The predicted molar refractivity (Wildman–Crippen MR) is 5.75 cm³/mol. The van der Waals surface area contributed by atoms with Crippen LogP contribution in [0.5, 0.6) is 0 Å². The molecule has 0 aromatic rings. The Labute approximate surface area is 91.4 Å². The second-order valence-corrected chi connectivity index (χ2v) is 0. The SMILES string of the molecule is [Al].[Cr].[Hf].[Y]. The summed E-state index contributed by atoms with van der Waals surface area (Å²) in [6, 6.07) is 0. The van der Waals surface area contributed by atoms with Gasteiger partial charge in [-0.15, -0.1) is 0 Å². The largest absolute Gasteiger partial charge is 0 e. The van der Waals surface area contributed by atoms with Crippen molar-refractivity contribution < 1.29 is 75.9 Å². The van der Waals surface area contributed by atoms with Crippen molar-refractivity contribution >= 4 is 17.4 Å². The van der Waals surface area contributed by atoms with Crippen molar-refractivity contribution in [2.24, 2.45) is 0 Å². The molecule has 0 spiro atoms. The molecule has 0 rings (SSSR count). The third kappa shape index (κ3) is 8.90. The van der Waals surface area contributed by atoms with Gasteiger partial charge in [-0.1, -0.05) is 0 Å². The van der Waals surface area contributed by atoms with Crippen LogP contribution in [-0.2, 0) is 75.9 Å². The third-order valence-corrected chi connectivity index (χ3v) is 0. The first kappa shape index (κ1) is 27.8. The Morgan fingerprint density at radius 1 is 1.00 bits per heavy atom. The zero-order chi connectivity index (χ0) is 0. The minimum atomic E-state index is 0. The number of rotatable bonds is 0. The molecule has 0 amide bonds. The fourth-order valence-electron chi connectivity index (χ4n) is 0. The van der Waals surface area contributed by atoms with Crippen molar-refractivity contribution in [3.05, 3.63) is 0 Å². The molecule has 0 aliphatic heterocycles. The minimum absolute atomic E-state index is 0. The van der Waals surface area contributed by atoms with E-state index in [2.05, 4.69) is 0 Å². The molecule has 0 bridgehead atoms. The van der Waals surface area contributed by atoms with E-state index in [1.165, 1.54) is 0 Å². The summed E-state index contributed by atoms with van der Waals surface area (Å²) in [7, 11) is 0. The second kappa shape index (κ2) is 16.6. The summed E-state index contributed by atoms with van der Waals surface area (Å²) in [6.07, 6.45) is 0. The Kier molecular flexibility index (Phi) is 115. The molecule has 0 atom stereocenters. The molecule has 0 aromatic heterocycles. The predicted octanol–water partition coefficient (Wildman–Crippen LogP) is -0.388. The summed E-state index contributed by atoms with van der Waals surface area (Å²) in [5, 5.41) is 0. The van der Waals surface area contributed by atoms with E-state index in [1.54, 1.807) is 0 Å². The smallest absolute Gasteiger partial charge is 0 e. The average Bonchev–Trinajstić information content (AvgIpc) is 0. The molecule has 0 heterocycles. The van der Waals surface area contributed by atoms with Crippen LogP contribution in [0.3, 0.4) is 0 Å². The topological polar surface area (TPSA) is 0 Å². The van der Waals surface area contributed by atoms with Gasteiger partial charge in [0, 0.05) is 93.3 Å². The van der Waals surface area contributed by atoms with Crippen molar-refractivity contribution in [2.45, 2.75) is 0 Å². The van der Waals surface area contributed by atoms with E-state index in [-0.39, 0.29) is 93.3 Å². The maximum Gasteiger partial charge on any atom is 0 e. The van der Waals surface area contributed by atoms with E-state index in [4.69, 9.17) is 0 Å². The molecule has 0 fully saturated rings. The van der Waals surface area contributed by atoms with E-state index < -0.39 is 0 Å². The summed E-state index contributed by atoms with van der Waals surface area (Å²) in [6.45, 7) is 0. The van der Waals surface area contributed by atoms with Crippen molar-refractivity contribution in [3.63, 3.8) is 0 Å². The van der Waals surface area contributed by atoms with E-state index in [1.807, 2.05) is 0 Å². The van der Waals surface area contributed by atoms with Gasteiger partial charge >= 0.3 is 0 Å². The Morgan fingerprint density at radius 3 is 1.00 bits per heavy atom. The quantitative estimate of drug-likeness (QED) is 0.524. The standard InChI is InChI=1S/Al.Cr.Hf.Y. The van der Waals surface area contributed by atoms with Gasteiger partial charge in [-0.3, -0.25) is 0 Å². The van der Waals surface area contributed by atoms with Gasteiger partial charge in [-0.2, -0.15) is 0 Å². The maximum atomic E-state index is 0. The molecule has 0 saturated heterocycles. The van der Waals surface area contributed by atoms with Crippen LogP contribution in [0.1, 0.15) is 0 Å². The zero-order valence-electron chi connectivity index (χ0n) is 2.06. The fourth-order valence-corrected chi connectivity index (χ4v) is 0.